The van der Waals surface area contributed by atoms with Crippen LogP contribution in [0, 0.1) is 0 Å². The second-order valence-electron chi connectivity index (χ2n) is 4.05. The summed E-state index contributed by atoms with van der Waals surface area (Å²) < 4.78 is 19.6. The van der Waals surface area contributed by atoms with Crippen LogP contribution < -0.4 is 0 Å². The van der Waals surface area contributed by atoms with Gasteiger partial charge in [-0.1, -0.05) is 23.8 Å². The molecule has 1 aliphatic carbocycles. The normalized spacial score (nSPS) is 20.5. The van der Waals surface area contributed by atoms with Gasteiger partial charge in [-0.3, -0.25) is 0 Å². The van der Waals surface area contributed by atoms with Crippen LogP contribution in [0.25, 0.3) is 0 Å². The molecule has 0 N–H and O–H groups in total. The van der Waals surface area contributed by atoms with E-state index in [4.69, 9.17) is 21.1 Å². The van der Waals surface area contributed by atoms with Crippen molar-refractivity contribution >= 4 is 23.5 Å². The molecule has 0 spiro atoms. The fraction of sp³-hybridized carbons (Fsp3) is 0.429. The summed E-state index contributed by atoms with van der Waals surface area (Å²) in [4.78, 5) is 23.4. The van der Waals surface area contributed by atoms with Crippen molar-refractivity contribution in [3.8, 4) is 0 Å². The topological polar surface area (TPSA) is 71.1 Å². The molecule has 21 heavy (non-hydrogen) atoms. The van der Waals surface area contributed by atoms with Gasteiger partial charge >= 0.3 is 11.9 Å². The highest BCUT2D eigenvalue weighted by Gasteiger charge is 2.28. The largest absolute Gasteiger partial charge is 0.465 e. The Bertz CT molecular complexity index is 488. The third-order valence-corrected chi connectivity index (χ3v) is 3.34. The van der Waals surface area contributed by atoms with Gasteiger partial charge in [0.25, 0.3) is 0 Å². The van der Waals surface area contributed by atoms with Crippen molar-refractivity contribution in [2.75, 3.05) is 28.4 Å². The van der Waals surface area contributed by atoms with E-state index in [1.54, 1.807) is 25.3 Å². The highest BCUT2D eigenvalue weighted by atomic mass is 35.5. The van der Waals surface area contributed by atoms with Crippen molar-refractivity contribution in [3.63, 3.8) is 0 Å². The molecular weight excluding hydrogens is 300 g/mol. The molecule has 0 aromatic rings. The second-order valence-corrected chi connectivity index (χ2v) is 4.43. The third-order valence-electron chi connectivity index (χ3n) is 2.93. The standard InChI is InChI=1S/C14H17ClO6/c1-18-9-6-5-8(7-10(9)19-2)12(15)11(13(16)20-3)14(17)21-4/h5-7,9-10H,1-4H3. The summed E-state index contributed by atoms with van der Waals surface area (Å²) in [6.45, 7) is 0. The molecule has 2 unspecified atom stereocenters. The Kier molecular flexibility index (Phi) is 6.61. The van der Waals surface area contributed by atoms with E-state index in [9.17, 15) is 9.59 Å². The fourth-order valence-corrected chi connectivity index (χ4v) is 2.09. The smallest absolute Gasteiger partial charge is 0.346 e. The SMILES string of the molecule is COC(=O)C(C(=O)OC)=C(Cl)C1=CC(OC)C(OC)C=C1. The Balaban J connectivity index is 3.25. The van der Waals surface area contributed by atoms with Crippen LogP contribution in [0.4, 0.5) is 0 Å². The quantitative estimate of drug-likeness (QED) is 0.330. The van der Waals surface area contributed by atoms with Crippen molar-refractivity contribution in [1.82, 2.24) is 0 Å². The summed E-state index contributed by atoms with van der Waals surface area (Å²) in [6, 6.07) is 0. The van der Waals surface area contributed by atoms with Gasteiger partial charge in [0.1, 0.15) is 12.2 Å². The maximum Gasteiger partial charge on any atom is 0.346 e. The number of hydrogen-bond donors (Lipinski definition) is 0. The number of esters is 2. The molecule has 0 radical (unpaired) electrons. The first-order chi connectivity index (χ1) is 9.99. The maximum atomic E-state index is 11.7. The first-order valence-corrected chi connectivity index (χ1v) is 6.40. The van der Waals surface area contributed by atoms with Crippen LogP contribution in [0.1, 0.15) is 0 Å². The Labute approximate surface area is 127 Å². The van der Waals surface area contributed by atoms with Gasteiger partial charge in [0, 0.05) is 14.2 Å². The Morgan fingerprint density at radius 2 is 1.52 bits per heavy atom. The molecule has 0 aromatic heterocycles. The van der Waals surface area contributed by atoms with Crippen molar-refractivity contribution in [1.29, 1.82) is 0 Å². The van der Waals surface area contributed by atoms with Crippen molar-refractivity contribution in [3.05, 3.63) is 34.4 Å². The molecule has 0 saturated carbocycles. The lowest BCUT2D eigenvalue weighted by Crippen LogP contribution is -2.29. The van der Waals surface area contributed by atoms with Gasteiger partial charge in [-0.15, -0.1) is 0 Å². The van der Waals surface area contributed by atoms with E-state index in [2.05, 4.69) is 9.47 Å². The third kappa shape index (κ3) is 3.93. The van der Waals surface area contributed by atoms with Gasteiger partial charge in [0.2, 0.25) is 0 Å². The molecule has 1 rings (SSSR count). The molecular formula is C14H17ClO6. The molecule has 116 valence electrons. The molecule has 0 saturated heterocycles. The summed E-state index contributed by atoms with van der Waals surface area (Å²) in [5.41, 5.74) is 0.0749. The van der Waals surface area contributed by atoms with Gasteiger partial charge in [-0.25, -0.2) is 9.59 Å². The summed E-state index contributed by atoms with van der Waals surface area (Å²) in [5, 5.41) is -0.0680. The molecule has 0 bridgehead atoms. The maximum absolute atomic E-state index is 11.7. The zero-order valence-corrected chi connectivity index (χ0v) is 13.0. The average molecular weight is 317 g/mol. The van der Waals surface area contributed by atoms with E-state index in [1.807, 2.05) is 0 Å². The van der Waals surface area contributed by atoms with Crippen LogP contribution in [0.15, 0.2) is 34.4 Å². The summed E-state index contributed by atoms with van der Waals surface area (Å²) in [7, 11) is 5.37. The lowest BCUT2D eigenvalue weighted by Gasteiger charge is -2.23. The number of carbonyl (C=O) groups excluding carboxylic acids is 2. The molecule has 7 heteroatoms. The first kappa shape index (κ1) is 17.4. The zero-order chi connectivity index (χ0) is 16.0. The van der Waals surface area contributed by atoms with E-state index in [1.165, 1.54) is 7.11 Å². The Hall–Kier alpha value is -1.63. The van der Waals surface area contributed by atoms with Crippen LogP contribution in [-0.2, 0) is 28.5 Å². The molecule has 0 aliphatic heterocycles. The lowest BCUT2D eigenvalue weighted by atomic mass is 9.99. The van der Waals surface area contributed by atoms with E-state index in [-0.39, 0.29) is 22.8 Å². The minimum Gasteiger partial charge on any atom is -0.465 e. The van der Waals surface area contributed by atoms with Crippen LogP contribution >= 0.6 is 11.6 Å². The van der Waals surface area contributed by atoms with Gasteiger partial charge in [0.15, 0.2) is 5.57 Å². The second kappa shape index (κ2) is 7.97. The molecule has 2 atom stereocenters. The van der Waals surface area contributed by atoms with Gasteiger partial charge in [0.05, 0.1) is 19.3 Å². The van der Waals surface area contributed by atoms with Crippen LogP contribution in [0.3, 0.4) is 0 Å². The van der Waals surface area contributed by atoms with Gasteiger partial charge in [-0.2, -0.15) is 0 Å². The number of carbonyl (C=O) groups is 2. The van der Waals surface area contributed by atoms with Crippen LogP contribution in [0.5, 0.6) is 0 Å². The molecule has 0 amide bonds. The van der Waals surface area contributed by atoms with E-state index >= 15 is 0 Å². The monoisotopic (exact) mass is 316 g/mol. The molecule has 0 aromatic carbocycles. The minimum atomic E-state index is -0.871. The van der Waals surface area contributed by atoms with Gasteiger partial charge < -0.3 is 18.9 Å². The number of allylic oxidation sites excluding steroid dienone is 3. The number of rotatable bonds is 5. The number of halogens is 1. The van der Waals surface area contributed by atoms with Crippen LogP contribution in [0.2, 0.25) is 0 Å². The predicted molar refractivity (Wildman–Crippen MR) is 75.7 cm³/mol. The first-order valence-electron chi connectivity index (χ1n) is 6.02. The average Bonchev–Trinajstić information content (AvgIpc) is 2.53. The summed E-state index contributed by atoms with van der Waals surface area (Å²) in [6.07, 6.45) is 4.35. The molecule has 0 fully saturated rings. The molecule has 6 nitrogen and oxygen atoms in total. The molecule has 0 heterocycles. The van der Waals surface area contributed by atoms with Crippen molar-refractivity contribution in [2.24, 2.45) is 0 Å². The van der Waals surface area contributed by atoms with E-state index < -0.39 is 11.9 Å². The predicted octanol–water partition coefficient (Wildman–Crippen LogP) is 1.35. The van der Waals surface area contributed by atoms with Crippen molar-refractivity contribution < 1.29 is 28.5 Å². The fourth-order valence-electron chi connectivity index (χ4n) is 1.81. The number of methoxy groups -OCH3 is 4. The van der Waals surface area contributed by atoms with Crippen molar-refractivity contribution in [2.45, 2.75) is 12.2 Å². The summed E-state index contributed by atoms with van der Waals surface area (Å²) in [5.74, 6) is -1.74. The Morgan fingerprint density at radius 1 is 1.00 bits per heavy atom. The number of ether oxygens (including phenoxy) is 4. The molecule has 1 aliphatic rings. The number of hydrogen-bond acceptors (Lipinski definition) is 6. The lowest BCUT2D eigenvalue weighted by molar-refractivity contribution is -0.144. The highest BCUT2D eigenvalue weighted by molar-refractivity contribution is 6.38. The van der Waals surface area contributed by atoms with E-state index in [0.717, 1.165) is 14.2 Å². The van der Waals surface area contributed by atoms with Crippen LogP contribution in [-0.4, -0.2) is 52.6 Å². The minimum absolute atomic E-state index is 0.0680. The zero-order valence-electron chi connectivity index (χ0n) is 12.2. The summed E-state index contributed by atoms with van der Waals surface area (Å²) >= 11 is 6.15. The van der Waals surface area contributed by atoms with E-state index in [0.29, 0.717) is 5.57 Å². The van der Waals surface area contributed by atoms with Gasteiger partial charge in [-0.05, 0) is 11.6 Å². The highest BCUT2D eigenvalue weighted by Crippen LogP contribution is 2.27. The Morgan fingerprint density at radius 3 is 1.95 bits per heavy atom.